The summed E-state index contributed by atoms with van der Waals surface area (Å²) in [4.78, 5) is 28.1. The molecule has 0 bridgehead atoms. The van der Waals surface area contributed by atoms with Crippen molar-refractivity contribution in [1.29, 1.82) is 0 Å². The third kappa shape index (κ3) is 6.44. The van der Waals surface area contributed by atoms with Crippen molar-refractivity contribution < 1.29 is 9.59 Å². The lowest BCUT2D eigenvalue weighted by atomic mass is 9.99. The summed E-state index contributed by atoms with van der Waals surface area (Å²) in [6, 6.07) is 24.1. The van der Waals surface area contributed by atoms with Gasteiger partial charge in [0.25, 0.3) is 11.8 Å². The van der Waals surface area contributed by atoms with Crippen molar-refractivity contribution in [2.45, 2.75) is 52.1 Å². The molecule has 0 saturated carbocycles. The van der Waals surface area contributed by atoms with Gasteiger partial charge in [-0.1, -0.05) is 68.3 Å². The summed E-state index contributed by atoms with van der Waals surface area (Å²) in [5, 5.41) is 9.47. The van der Waals surface area contributed by atoms with E-state index in [-0.39, 0.29) is 17.9 Å². The molecule has 5 rings (SSSR count). The van der Waals surface area contributed by atoms with Crippen LogP contribution in [-0.4, -0.2) is 35.8 Å². The number of rotatable bonds is 8. The normalized spacial score (nSPS) is 15.7. The Morgan fingerprint density at radius 2 is 1.70 bits per heavy atom. The predicted molar refractivity (Wildman–Crippen MR) is 162 cm³/mol. The van der Waals surface area contributed by atoms with E-state index in [1.54, 1.807) is 0 Å². The zero-order valence-corrected chi connectivity index (χ0v) is 23.2. The van der Waals surface area contributed by atoms with Crippen molar-refractivity contribution in [3.8, 4) is 11.8 Å². The lowest BCUT2D eigenvalue weighted by Gasteiger charge is -2.17. The summed E-state index contributed by atoms with van der Waals surface area (Å²) in [7, 11) is 0. The van der Waals surface area contributed by atoms with E-state index in [1.807, 2.05) is 62.4 Å². The summed E-state index contributed by atoms with van der Waals surface area (Å²) in [6.45, 7) is 7.38. The third-order valence-electron chi connectivity index (χ3n) is 7.55. The van der Waals surface area contributed by atoms with Crippen LogP contribution in [0.15, 0.2) is 72.8 Å². The average Bonchev–Trinajstić information content (AvgIpc) is 3.61. The fourth-order valence-corrected chi connectivity index (χ4v) is 5.26. The van der Waals surface area contributed by atoms with Crippen molar-refractivity contribution in [2.24, 2.45) is 0 Å². The maximum atomic E-state index is 13.3. The van der Waals surface area contributed by atoms with Crippen LogP contribution in [-0.2, 0) is 16.1 Å². The summed E-state index contributed by atoms with van der Waals surface area (Å²) in [5.74, 6) is 5.15. The number of amides is 2. The van der Waals surface area contributed by atoms with E-state index in [2.05, 4.69) is 57.0 Å². The lowest BCUT2D eigenvalue weighted by molar-refractivity contribution is -0.116. The van der Waals surface area contributed by atoms with Gasteiger partial charge in [-0.15, -0.1) is 0 Å². The molecular formula is C34H36N4O2. The third-order valence-corrected chi connectivity index (χ3v) is 7.55. The summed E-state index contributed by atoms with van der Waals surface area (Å²) in [5.41, 5.74) is 6.60. The van der Waals surface area contributed by atoms with E-state index in [4.69, 9.17) is 0 Å². The molecular weight excluding hydrogens is 496 g/mol. The molecule has 6 nitrogen and oxygen atoms in total. The molecule has 3 aromatic carbocycles. The Labute approximate surface area is 236 Å². The molecule has 2 heterocycles. The first-order valence-corrected chi connectivity index (χ1v) is 14.2. The number of fused-ring (bicyclic) bond motifs is 1. The molecule has 0 aliphatic carbocycles. The van der Waals surface area contributed by atoms with Gasteiger partial charge >= 0.3 is 0 Å². The van der Waals surface area contributed by atoms with Crippen molar-refractivity contribution in [3.05, 3.63) is 95.1 Å². The minimum absolute atomic E-state index is 0.124. The van der Waals surface area contributed by atoms with E-state index in [1.165, 1.54) is 18.4 Å². The minimum atomic E-state index is -0.291. The van der Waals surface area contributed by atoms with Crippen molar-refractivity contribution in [3.63, 3.8) is 0 Å². The quantitative estimate of drug-likeness (QED) is 0.251. The van der Waals surface area contributed by atoms with Gasteiger partial charge in [-0.05, 0) is 74.2 Å². The molecule has 2 aliphatic heterocycles. The van der Waals surface area contributed by atoms with E-state index < -0.39 is 0 Å². The van der Waals surface area contributed by atoms with Gasteiger partial charge in [0.2, 0.25) is 0 Å². The van der Waals surface area contributed by atoms with Gasteiger partial charge in [-0.2, -0.15) is 0 Å². The Kier molecular flexibility index (Phi) is 8.63. The second kappa shape index (κ2) is 12.7. The summed E-state index contributed by atoms with van der Waals surface area (Å²) < 4.78 is 0. The SMILES string of the molecule is CCC(CC)NC(=O)C#Cc1ccc2c(c1)NC(=O)/C2=C(\Nc1ccc(CN2CCCC2)cc1)c1ccccc1. The van der Waals surface area contributed by atoms with E-state index >= 15 is 0 Å². The Morgan fingerprint density at radius 1 is 0.975 bits per heavy atom. The number of hydrogen-bond acceptors (Lipinski definition) is 4. The van der Waals surface area contributed by atoms with Gasteiger partial charge < -0.3 is 16.0 Å². The molecule has 3 aromatic rings. The Bertz CT molecular complexity index is 1460. The number of carbonyl (C=O) groups excluding carboxylic acids is 2. The van der Waals surface area contributed by atoms with Crippen LogP contribution in [0.4, 0.5) is 11.4 Å². The highest BCUT2D eigenvalue weighted by atomic mass is 16.2. The molecule has 3 N–H and O–H groups in total. The summed E-state index contributed by atoms with van der Waals surface area (Å²) >= 11 is 0. The monoisotopic (exact) mass is 532 g/mol. The zero-order valence-electron chi connectivity index (χ0n) is 23.2. The summed E-state index contributed by atoms with van der Waals surface area (Å²) in [6.07, 6.45) is 4.28. The fraction of sp³-hybridized carbons (Fsp3) is 0.294. The van der Waals surface area contributed by atoms with Crippen LogP contribution in [0, 0.1) is 11.8 Å². The molecule has 0 radical (unpaired) electrons. The molecule has 2 amide bonds. The molecule has 6 heteroatoms. The minimum Gasteiger partial charge on any atom is -0.354 e. The largest absolute Gasteiger partial charge is 0.354 e. The van der Waals surface area contributed by atoms with Crippen LogP contribution < -0.4 is 16.0 Å². The van der Waals surface area contributed by atoms with Gasteiger partial charge in [0.15, 0.2) is 0 Å². The van der Waals surface area contributed by atoms with Crippen molar-refractivity contribution in [1.82, 2.24) is 10.2 Å². The van der Waals surface area contributed by atoms with Crippen molar-refractivity contribution >= 4 is 34.5 Å². The maximum absolute atomic E-state index is 13.3. The smallest absolute Gasteiger partial charge is 0.296 e. The van der Waals surface area contributed by atoms with E-state index in [0.717, 1.165) is 55.0 Å². The lowest BCUT2D eigenvalue weighted by Crippen LogP contribution is -2.32. The van der Waals surface area contributed by atoms with E-state index in [0.29, 0.717) is 16.8 Å². The molecule has 1 saturated heterocycles. The first-order valence-electron chi connectivity index (χ1n) is 14.2. The molecule has 40 heavy (non-hydrogen) atoms. The van der Waals surface area contributed by atoms with Gasteiger partial charge in [0.05, 0.1) is 17.0 Å². The number of anilines is 2. The number of nitrogens with one attached hydrogen (secondary N) is 3. The zero-order chi connectivity index (χ0) is 27.9. The number of benzene rings is 3. The van der Waals surface area contributed by atoms with Gasteiger partial charge in [0.1, 0.15) is 0 Å². The van der Waals surface area contributed by atoms with Crippen LogP contribution in [0.1, 0.15) is 61.8 Å². The Morgan fingerprint density at radius 3 is 2.40 bits per heavy atom. The second-order valence-corrected chi connectivity index (χ2v) is 10.4. The first-order chi connectivity index (χ1) is 19.5. The first kappa shape index (κ1) is 27.2. The van der Waals surface area contributed by atoms with Gasteiger partial charge in [-0.3, -0.25) is 14.5 Å². The van der Waals surface area contributed by atoms with Crippen molar-refractivity contribution in [2.75, 3.05) is 23.7 Å². The highest BCUT2D eigenvalue weighted by molar-refractivity contribution is 6.37. The number of likely N-dealkylation sites (tertiary alicyclic amines) is 1. The highest BCUT2D eigenvalue weighted by Crippen LogP contribution is 2.38. The molecule has 0 spiro atoms. The number of nitrogens with zero attached hydrogens (tertiary/aromatic N) is 1. The molecule has 2 aliphatic rings. The van der Waals surface area contributed by atoms with Crippen LogP contribution >= 0.6 is 0 Å². The standard InChI is InChI=1S/C34H36N4O2/c1-3-27(4-2)35-31(39)19-15-24-14-18-29-30(22-24)37-34(40)32(29)33(26-10-6-5-7-11-26)36-28-16-12-25(13-17-28)23-38-20-8-9-21-38/h5-7,10-14,16-18,22,27,36H,3-4,8-9,20-21,23H2,1-2H3,(H,35,39)(H,37,40)/b33-32-. The fourth-order valence-electron chi connectivity index (χ4n) is 5.26. The highest BCUT2D eigenvalue weighted by Gasteiger charge is 2.28. The van der Waals surface area contributed by atoms with Crippen LogP contribution in [0.5, 0.6) is 0 Å². The molecule has 1 fully saturated rings. The van der Waals surface area contributed by atoms with Gasteiger partial charge in [-0.25, -0.2) is 0 Å². The number of hydrogen-bond donors (Lipinski definition) is 3. The average molecular weight is 533 g/mol. The second-order valence-electron chi connectivity index (χ2n) is 10.4. The maximum Gasteiger partial charge on any atom is 0.296 e. The molecule has 0 unspecified atom stereocenters. The molecule has 0 atom stereocenters. The molecule has 0 aromatic heterocycles. The number of carbonyl (C=O) groups is 2. The van der Waals surface area contributed by atoms with Crippen LogP contribution in [0.2, 0.25) is 0 Å². The van der Waals surface area contributed by atoms with Crippen LogP contribution in [0.25, 0.3) is 11.3 Å². The van der Waals surface area contributed by atoms with E-state index in [9.17, 15) is 9.59 Å². The Hall–Kier alpha value is -4.34. The Balaban J connectivity index is 1.42. The topological polar surface area (TPSA) is 73.5 Å². The molecule has 204 valence electrons. The van der Waals surface area contributed by atoms with Gasteiger partial charge in [0, 0.05) is 35.3 Å². The predicted octanol–water partition coefficient (Wildman–Crippen LogP) is 5.87. The van der Waals surface area contributed by atoms with Crippen LogP contribution in [0.3, 0.4) is 0 Å².